The third-order valence-corrected chi connectivity index (χ3v) is 7.41. The normalized spacial score (nSPS) is 20.3. The van der Waals surface area contributed by atoms with Gasteiger partial charge in [0.2, 0.25) is 15.6 Å². The number of alkyl halides is 3. The van der Waals surface area contributed by atoms with Crippen molar-refractivity contribution in [3.63, 3.8) is 0 Å². The highest BCUT2D eigenvalue weighted by atomic mass is 32.2. The van der Waals surface area contributed by atoms with Crippen molar-refractivity contribution in [1.29, 1.82) is 0 Å². The summed E-state index contributed by atoms with van der Waals surface area (Å²) in [6.45, 7) is 4.19. The molecule has 0 radical (unpaired) electrons. The maximum atomic E-state index is 13.4. The molecule has 176 valence electrons. The van der Waals surface area contributed by atoms with Crippen LogP contribution in [-0.4, -0.2) is 43.0 Å². The van der Waals surface area contributed by atoms with Gasteiger partial charge in [-0.3, -0.25) is 4.79 Å². The van der Waals surface area contributed by atoms with Crippen LogP contribution in [0.15, 0.2) is 58.2 Å². The molecule has 0 aliphatic carbocycles. The van der Waals surface area contributed by atoms with Gasteiger partial charge >= 0.3 is 6.18 Å². The molecule has 1 N–H and O–H groups in total. The lowest BCUT2D eigenvalue weighted by molar-refractivity contribution is -0.136. The highest BCUT2D eigenvalue weighted by molar-refractivity contribution is 7.89. The van der Waals surface area contributed by atoms with E-state index in [1.54, 1.807) is 18.2 Å². The topological polar surface area (TPSA) is 79.5 Å². The van der Waals surface area contributed by atoms with E-state index in [-0.39, 0.29) is 41.1 Å². The van der Waals surface area contributed by atoms with Crippen molar-refractivity contribution in [3.8, 4) is 0 Å². The van der Waals surface area contributed by atoms with Gasteiger partial charge < -0.3 is 9.72 Å². The predicted octanol–water partition coefficient (Wildman–Crippen LogP) is 3.94. The molecule has 33 heavy (non-hydrogen) atoms. The number of halogens is 3. The second kappa shape index (κ2) is 8.58. The van der Waals surface area contributed by atoms with Crippen LogP contribution in [0.2, 0.25) is 0 Å². The molecule has 0 amide bonds. The highest BCUT2D eigenvalue weighted by Gasteiger charge is 2.34. The fourth-order valence-corrected chi connectivity index (χ4v) is 5.73. The first-order valence-electron chi connectivity index (χ1n) is 10.4. The zero-order valence-corrected chi connectivity index (χ0v) is 18.8. The smallest absolute Gasteiger partial charge is 0.373 e. The first-order valence-corrected chi connectivity index (χ1v) is 11.9. The fraction of sp³-hybridized carbons (Fsp3) is 0.348. The van der Waals surface area contributed by atoms with Crippen LogP contribution >= 0.6 is 0 Å². The molecule has 0 bridgehead atoms. The Morgan fingerprint density at radius 3 is 2.21 bits per heavy atom. The van der Waals surface area contributed by atoms with E-state index in [0.29, 0.717) is 18.1 Å². The molecule has 0 spiro atoms. The molecule has 1 aliphatic heterocycles. The average Bonchev–Trinajstić information content (AvgIpc) is 2.72. The van der Waals surface area contributed by atoms with Crippen molar-refractivity contribution >= 4 is 20.9 Å². The summed E-state index contributed by atoms with van der Waals surface area (Å²) in [4.78, 5) is 14.1. The van der Waals surface area contributed by atoms with Crippen molar-refractivity contribution in [2.75, 3.05) is 13.1 Å². The fourth-order valence-electron chi connectivity index (χ4n) is 4.14. The van der Waals surface area contributed by atoms with Gasteiger partial charge in [-0.1, -0.05) is 18.2 Å². The number of ether oxygens (including phenoxy) is 1. The Bertz CT molecular complexity index is 1320. The number of fused-ring (bicyclic) bond motifs is 1. The van der Waals surface area contributed by atoms with Crippen molar-refractivity contribution in [3.05, 3.63) is 75.6 Å². The van der Waals surface area contributed by atoms with E-state index in [1.165, 1.54) is 28.6 Å². The van der Waals surface area contributed by atoms with Crippen LogP contribution in [0.5, 0.6) is 0 Å². The number of hydrogen-bond acceptors (Lipinski definition) is 4. The average molecular weight is 481 g/mol. The molecule has 3 aromatic rings. The molecule has 1 aromatic heterocycles. The number of pyridine rings is 1. The lowest BCUT2D eigenvalue weighted by Gasteiger charge is -2.34. The third-order valence-electron chi connectivity index (χ3n) is 5.57. The number of rotatable bonds is 4. The Morgan fingerprint density at radius 1 is 1.00 bits per heavy atom. The summed E-state index contributed by atoms with van der Waals surface area (Å²) < 4.78 is 73.2. The van der Waals surface area contributed by atoms with Gasteiger partial charge in [0.05, 0.1) is 22.7 Å². The van der Waals surface area contributed by atoms with E-state index < -0.39 is 27.3 Å². The molecule has 2 aromatic carbocycles. The van der Waals surface area contributed by atoms with Crippen molar-refractivity contribution in [1.82, 2.24) is 9.29 Å². The Kier molecular flexibility index (Phi) is 6.10. The SMILES string of the molecule is CC1CN(S(=O)(=O)c2ccc(Cc3ccc4[nH]c(=O)cc(C(F)(F)F)c4c3)cc2)CC(C)O1. The molecule has 10 heteroatoms. The second-order valence-corrected chi connectivity index (χ2v) is 10.3. The van der Waals surface area contributed by atoms with Crippen molar-refractivity contribution < 1.29 is 26.3 Å². The Hall–Kier alpha value is -2.69. The van der Waals surface area contributed by atoms with Gasteiger partial charge in [-0.25, -0.2) is 8.42 Å². The Balaban J connectivity index is 1.59. The second-order valence-electron chi connectivity index (χ2n) is 8.33. The standard InChI is InChI=1S/C23H23F3N2O4S/c1-14-12-28(13-15(2)32-14)33(30,31)18-6-3-16(4-7-18)9-17-5-8-21-19(10-17)20(23(24,25)26)11-22(29)27-21/h3-8,10-11,14-15H,9,12-13H2,1-2H3,(H,27,29). The Labute approximate surface area is 189 Å². The molecule has 2 unspecified atom stereocenters. The molecule has 2 atom stereocenters. The minimum absolute atomic E-state index is 0.0886. The molecule has 1 fully saturated rings. The first-order chi connectivity index (χ1) is 15.4. The molecule has 6 nitrogen and oxygen atoms in total. The first kappa shape index (κ1) is 23.5. The summed E-state index contributed by atoms with van der Waals surface area (Å²) >= 11 is 0. The van der Waals surface area contributed by atoms with Gasteiger partial charge in [-0.15, -0.1) is 0 Å². The highest BCUT2D eigenvalue weighted by Crippen LogP contribution is 2.34. The van der Waals surface area contributed by atoms with Crippen LogP contribution in [0.25, 0.3) is 10.9 Å². The summed E-state index contributed by atoms with van der Waals surface area (Å²) in [5.41, 5.74) is -0.350. The minimum atomic E-state index is -4.66. The van der Waals surface area contributed by atoms with E-state index in [1.807, 2.05) is 13.8 Å². The van der Waals surface area contributed by atoms with Crippen LogP contribution in [0, 0.1) is 0 Å². The molecule has 1 aliphatic rings. The lowest BCUT2D eigenvalue weighted by Crippen LogP contribution is -2.48. The van der Waals surface area contributed by atoms with E-state index >= 15 is 0 Å². The zero-order valence-electron chi connectivity index (χ0n) is 18.0. The van der Waals surface area contributed by atoms with Crippen molar-refractivity contribution in [2.24, 2.45) is 0 Å². The monoisotopic (exact) mass is 480 g/mol. The van der Waals surface area contributed by atoms with Crippen LogP contribution in [0.4, 0.5) is 13.2 Å². The molecular weight excluding hydrogens is 457 g/mol. The van der Waals surface area contributed by atoms with Gasteiger partial charge in [0, 0.05) is 30.1 Å². The number of morpholine rings is 1. The summed E-state index contributed by atoms with van der Waals surface area (Å²) in [7, 11) is -3.68. The van der Waals surface area contributed by atoms with Crippen LogP contribution < -0.4 is 5.56 Å². The molecule has 4 rings (SSSR count). The number of benzene rings is 2. The zero-order chi connectivity index (χ0) is 24.0. The number of hydrogen-bond donors (Lipinski definition) is 1. The maximum absolute atomic E-state index is 13.4. The van der Waals surface area contributed by atoms with Gasteiger partial charge in [0.1, 0.15) is 0 Å². The number of sulfonamides is 1. The molecule has 2 heterocycles. The number of H-pyrrole nitrogens is 1. The van der Waals surface area contributed by atoms with E-state index in [2.05, 4.69) is 4.98 Å². The predicted molar refractivity (Wildman–Crippen MR) is 118 cm³/mol. The third kappa shape index (κ3) is 4.97. The lowest BCUT2D eigenvalue weighted by atomic mass is 10.0. The summed E-state index contributed by atoms with van der Waals surface area (Å²) in [5, 5.41) is -0.0886. The number of nitrogens with one attached hydrogen (secondary N) is 1. The van der Waals surface area contributed by atoms with E-state index in [0.717, 1.165) is 5.56 Å². The molecule has 0 saturated carbocycles. The summed E-state index contributed by atoms with van der Waals surface area (Å²) in [6.07, 6.45) is -4.76. The van der Waals surface area contributed by atoms with Crippen LogP contribution in [-0.2, 0) is 27.4 Å². The van der Waals surface area contributed by atoms with Gasteiger partial charge in [-0.05, 0) is 55.7 Å². The molecule has 1 saturated heterocycles. The Morgan fingerprint density at radius 2 is 1.61 bits per heavy atom. The minimum Gasteiger partial charge on any atom is -0.373 e. The quantitative estimate of drug-likeness (QED) is 0.614. The molecular formula is C23H23F3N2O4S. The number of aromatic nitrogens is 1. The van der Waals surface area contributed by atoms with E-state index in [4.69, 9.17) is 4.74 Å². The van der Waals surface area contributed by atoms with Gasteiger partial charge in [-0.2, -0.15) is 17.5 Å². The summed E-state index contributed by atoms with van der Waals surface area (Å²) in [6, 6.07) is 11.4. The van der Waals surface area contributed by atoms with E-state index in [9.17, 15) is 26.4 Å². The summed E-state index contributed by atoms with van der Waals surface area (Å²) in [5.74, 6) is 0. The number of nitrogens with zero attached hydrogens (tertiary/aromatic N) is 1. The van der Waals surface area contributed by atoms with Gasteiger partial charge in [0.15, 0.2) is 0 Å². The van der Waals surface area contributed by atoms with Crippen molar-refractivity contribution in [2.45, 2.75) is 43.5 Å². The van der Waals surface area contributed by atoms with Gasteiger partial charge in [0.25, 0.3) is 0 Å². The van der Waals surface area contributed by atoms with Crippen LogP contribution in [0.1, 0.15) is 30.5 Å². The van der Waals surface area contributed by atoms with Crippen LogP contribution in [0.3, 0.4) is 0 Å². The number of aromatic amines is 1. The maximum Gasteiger partial charge on any atom is 0.417 e. The largest absolute Gasteiger partial charge is 0.417 e.